The van der Waals surface area contributed by atoms with Crippen molar-refractivity contribution in [3.63, 3.8) is 0 Å². The van der Waals surface area contributed by atoms with Gasteiger partial charge in [-0.25, -0.2) is 15.0 Å². The average molecular weight is 293 g/mol. The van der Waals surface area contributed by atoms with Crippen molar-refractivity contribution in [1.82, 2.24) is 19.5 Å². The molecule has 2 unspecified atom stereocenters. The van der Waals surface area contributed by atoms with Gasteiger partial charge in [0.25, 0.3) is 0 Å². The quantitative estimate of drug-likeness (QED) is 0.796. The zero-order valence-electron chi connectivity index (χ0n) is 11.9. The van der Waals surface area contributed by atoms with Gasteiger partial charge in [-0.15, -0.1) is 0 Å². The summed E-state index contributed by atoms with van der Waals surface area (Å²) in [5.41, 5.74) is 1.39. The van der Waals surface area contributed by atoms with Crippen LogP contribution in [-0.2, 0) is 4.74 Å². The molecule has 0 saturated carbocycles. The first-order valence-electron chi connectivity index (χ1n) is 7.00. The topological polar surface area (TPSA) is 96.5 Å². The molecule has 2 atom stereocenters. The maximum absolute atomic E-state index is 9.16. The van der Waals surface area contributed by atoms with Gasteiger partial charge in [0.2, 0.25) is 0 Å². The second kappa shape index (κ2) is 5.92. The van der Waals surface area contributed by atoms with Crippen LogP contribution in [0, 0.1) is 0 Å². The van der Waals surface area contributed by atoms with Crippen LogP contribution in [-0.4, -0.2) is 62.6 Å². The monoisotopic (exact) mass is 293 g/mol. The van der Waals surface area contributed by atoms with E-state index >= 15 is 0 Å². The molecule has 2 N–H and O–H groups in total. The molecule has 114 valence electrons. The molecule has 21 heavy (non-hydrogen) atoms. The van der Waals surface area contributed by atoms with E-state index in [-0.39, 0.29) is 25.5 Å². The molecule has 1 aliphatic heterocycles. The van der Waals surface area contributed by atoms with Gasteiger partial charge in [-0.3, -0.25) is 4.57 Å². The van der Waals surface area contributed by atoms with Crippen molar-refractivity contribution in [2.24, 2.45) is 0 Å². The first-order valence-corrected chi connectivity index (χ1v) is 7.00. The molecule has 2 aromatic rings. The Labute approximate surface area is 122 Å². The number of likely N-dealkylation sites (N-methyl/N-ethyl adjacent to an activating group) is 1. The van der Waals surface area contributed by atoms with Crippen molar-refractivity contribution in [2.45, 2.75) is 25.2 Å². The van der Waals surface area contributed by atoms with Crippen LogP contribution >= 0.6 is 0 Å². The van der Waals surface area contributed by atoms with E-state index in [4.69, 9.17) is 14.9 Å². The predicted octanol–water partition coefficient (Wildman–Crippen LogP) is -0.0753. The SMILES string of the molecule is CN(CCO)c1ncnc2c1ncn2C1CCC(CO)O1. The van der Waals surface area contributed by atoms with E-state index in [0.717, 1.165) is 12.8 Å². The molecule has 0 spiro atoms. The standard InChI is InChI=1S/C13H19N5O3/c1-17(4-5-19)12-11-13(15-7-14-12)18(8-16-11)10-3-2-9(6-20)21-10/h7-10,19-20H,2-6H2,1H3. The normalized spacial score (nSPS) is 22.0. The highest BCUT2D eigenvalue weighted by Crippen LogP contribution is 2.31. The molecule has 0 amide bonds. The van der Waals surface area contributed by atoms with Crippen molar-refractivity contribution in [3.8, 4) is 0 Å². The summed E-state index contributed by atoms with van der Waals surface area (Å²) in [5, 5.41) is 18.2. The van der Waals surface area contributed by atoms with Gasteiger partial charge < -0.3 is 19.8 Å². The number of aliphatic hydroxyl groups is 2. The molecule has 0 aliphatic carbocycles. The van der Waals surface area contributed by atoms with Gasteiger partial charge in [-0.1, -0.05) is 0 Å². The highest BCUT2D eigenvalue weighted by molar-refractivity contribution is 5.83. The minimum atomic E-state index is -0.155. The second-order valence-corrected chi connectivity index (χ2v) is 5.14. The van der Waals surface area contributed by atoms with E-state index in [1.807, 2.05) is 16.5 Å². The highest BCUT2D eigenvalue weighted by Gasteiger charge is 2.28. The molecule has 3 heterocycles. The number of nitrogens with zero attached hydrogens (tertiary/aromatic N) is 5. The van der Waals surface area contributed by atoms with Crippen molar-refractivity contribution < 1.29 is 14.9 Å². The molecule has 3 rings (SSSR count). The van der Waals surface area contributed by atoms with Gasteiger partial charge >= 0.3 is 0 Å². The lowest BCUT2D eigenvalue weighted by atomic mass is 10.2. The van der Waals surface area contributed by atoms with Gasteiger partial charge in [0.05, 0.1) is 25.6 Å². The van der Waals surface area contributed by atoms with Crippen molar-refractivity contribution in [1.29, 1.82) is 0 Å². The molecular weight excluding hydrogens is 274 g/mol. The van der Waals surface area contributed by atoms with Crippen LogP contribution in [0.3, 0.4) is 0 Å². The Hall–Kier alpha value is -1.77. The van der Waals surface area contributed by atoms with E-state index < -0.39 is 0 Å². The maximum atomic E-state index is 9.16. The first-order chi connectivity index (χ1) is 10.2. The number of anilines is 1. The number of ether oxygens (including phenoxy) is 1. The first kappa shape index (κ1) is 14.2. The van der Waals surface area contributed by atoms with Crippen molar-refractivity contribution in [3.05, 3.63) is 12.7 Å². The molecule has 1 saturated heterocycles. The Morgan fingerprint density at radius 3 is 2.90 bits per heavy atom. The van der Waals surface area contributed by atoms with Crippen molar-refractivity contribution in [2.75, 3.05) is 31.7 Å². The Kier molecular flexibility index (Phi) is 4.00. The Morgan fingerprint density at radius 2 is 2.19 bits per heavy atom. The van der Waals surface area contributed by atoms with Crippen molar-refractivity contribution >= 4 is 17.0 Å². The van der Waals surface area contributed by atoms with Gasteiger partial charge in [0.15, 0.2) is 17.0 Å². The van der Waals surface area contributed by atoms with Crippen LogP contribution in [0.25, 0.3) is 11.2 Å². The second-order valence-electron chi connectivity index (χ2n) is 5.14. The zero-order valence-corrected chi connectivity index (χ0v) is 11.9. The van der Waals surface area contributed by atoms with Crippen LogP contribution in [0.2, 0.25) is 0 Å². The predicted molar refractivity (Wildman–Crippen MR) is 75.9 cm³/mol. The Bertz CT molecular complexity index is 617. The van der Waals surface area contributed by atoms with Crippen LogP contribution in [0.4, 0.5) is 5.82 Å². The average Bonchev–Trinajstić information content (AvgIpc) is 3.13. The molecule has 2 aromatic heterocycles. The summed E-state index contributed by atoms with van der Waals surface area (Å²) in [5.74, 6) is 0.685. The number of hydrogen-bond acceptors (Lipinski definition) is 7. The van der Waals surface area contributed by atoms with Gasteiger partial charge in [-0.2, -0.15) is 0 Å². The van der Waals surface area contributed by atoms with Crippen LogP contribution in [0.15, 0.2) is 12.7 Å². The third kappa shape index (κ3) is 2.57. The maximum Gasteiger partial charge on any atom is 0.167 e. The van der Waals surface area contributed by atoms with Crippen LogP contribution in [0.1, 0.15) is 19.1 Å². The molecule has 0 aromatic carbocycles. The summed E-state index contributed by atoms with van der Waals surface area (Å²) in [6.45, 7) is 0.556. The lowest BCUT2D eigenvalue weighted by molar-refractivity contribution is -0.0207. The molecule has 8 heteroatoms. The number of fused-ring (bicyclic) bond motifs is 1. The summed E-state index contributed by atoms with van der Waals surface area (Å²) in [6, 6.07) is 0. The summed E-state index contributed by atoms with van der Waals surface area (Å²) in [7, 11) is 1.85. The summed E-state index contributed by atoms with van der Waals surface area (Å²) in [6.07, 6.45) is 4.55. The smallest absolute Gasteiger partial charge is 0.167 e. The number of aliphatic hydroxyl groups excluding tert-OH is 2. The summed E-state index contributed by atoms with van der Waals surface area (Å²) >= 11 is 0. The van der Waals surface area contributed by atoms with E-state index in [2.05, 4.69) is 15.0 Å². The number of rotatable bonds is 5. The lowest BCUT2D eigenvalue weighted by Gasteiger charge is -2.17. The fraction of sp³-hybridized carbons (Fsp3) is 0.615. The van der Waals surface area contributed by atoms with E-state index in [1.165, 1.54) is 6.33 Å². The number of hydrogen-bond donors (Lipinski definition) is 2. The largest absolute Gasteiger partial charge is 0.395 e. The summed E-state index contributed by atoms with van der Waals surface area (Å²) in [4.78, 5) is 14.8. The third-order valence-electron chi connectivity index (χ3n) is 3.74. The van der Waals surface area contributed by atoms with E-state index in [9.17, 15) is 0 Å². The van der Waals surface area contributed by atoms with Crippen LogP contribution in [0.5, 0.6) is 0 Å². The van der Waals surface area contributed by atoms with Gasteiger partial charge in [0.1, 0.15) is 12.6 Å². The fourth-order valence-electron chi connectivity index (χ4n) is 2.61. The highest BCUT2D eigenvalue weighted by atomic mass is 16.5. The van der Waals surface area contributed by atoms with Gasteiger partial charge in [-0.05, 0) is 12.8 Å². The lowest BCUT2D eigenvalue weighted by Crippen LogP contribution is -2.22. The molecule has 0 bridgehead atoms. The third-order valence-corrected chi connectivity index (χ3v) is 3.74. The Balaban J connectivity index is 1.94. The minimum absolute atomic E-state index is 0.0304. The Morgan fingerprint density at radius 1 is 1.33 bits per heavy atom. The molecule has 1 aliphatic rings. The summed E-state index contributed by atoms with van der Waals surface area (Å²) < 4.78 is 7.65. The minimum Gasteiger partial charge on any atom is -0.395 e. The van der Waals surface area contributed by atoms with Gasteiger partial charge in [0, 0.05) is 13.6 Å². The molecular formula is C13H19N5O3. The molecule has 1 fully saturated rings. The van der Waals surface area contributed by atoms with Crippen LogP contribution < -0.4 is 4.90 Å². The van der Waals surface area contributed by atoms with E-state index in [0.29, 0.717) is 23.5 Å². The van der Waals surface area contributed by atoms with E-state index in [1.54, 1.807) is 6.33 Å². The zero-order chi connectivity index (χ0) is 14.8. The molecule has 8 nitrogen and oxygen atoms in total. The molecule has 0 radical (unpaired) electrons. The number of imidazole rings is 1. The number of aromatic nitrogens is 4. The fourth-order valence-corrected chi connectivity index (χ4v) is 2.61.